The molecule has 5 heteroatoms. The molecule has 2 rings (SSSR count). The highest BCUT2D eigenvalue weighted by Crippen LogP contribution is 2.34. The van der Waals surface area contributed by atoms with E-state index >= 15 is 0 Å². The van der Waals surface area contributed by atoms with Crippen molar-refractivity contribution in [3.63, 3.8) is 0 Å². The monoisotopic (exact) mass is 251 g/mol. The molecule has 0 aliphatic carbocycles. The van der Waals surface area contributed by atoms with E-state index in [9.17, 15) is 4.79 Å². The van der Waals surface area contributed by atoms with Crippen LogP contribution in [-0.4, -0.2) is 20.8 Å². The van der Waals surface area contributed by atoms with Crippen LogP contribution in [0.25, 0.3) is 11.1 Å². The summed E-state index contributed by atoms with van der Waals surface area (Å²) in [4.78, 5) is 15.3. The van der Waals surface area contributed by atoms with Crippen molar-refractivity contribution < 1.29 is 14.3 Å². The Bertz CT molecular complexity index is 574. The van der Waals surface area contributed by atoms with E-state index in [1.807, 2.05) is 25.1 Å². The predicted octanol–water partition coefficient (Wildman–Crippen LogP) is 3.09. The van der Waals surface area contributed by atoms with Crippen molar-refractivity contribution in [1.29, 1.82) is 0 Å². The first-order valence-electron chi connectivity index (χ1n) is 5.18. The summed E-state index contributed by atoms with van der Waals surface area (Å²) in [5.74, 6) is -0.888. The summed E-state index contributed by atoms with van der Waals surface area (Å²) in [5.41, 5.74) is 2.52. The van der Waals surface area contributed by atoms with Crippen LogP contribution in [0.15, 0.2) is 27.8 Å². The summed E-state index contributed by atoms with van der Waals surface area (Å²) < 4.78 is 4.57. The predicted molar refractivity (Wildman–Crippen MR) is 66.3 cm³/mol. The van der Waals surface area contributed by atoms with Gasteiger partial charge in [0, 0.05) is 0 Å². The third-order valence-corrected chi connectivity index (χ3v) is 3.42. The zero-order chi connectivity index (χ0) is 12.6. The van der Waals surface area contributed by atoms with Crippen LogP contribution in [0.4, 0.5) is 0 Å². The fourth-order valence-corrected chi connectivity index (χ4v) is 2.12. The molecule has 1 aromatic carbocycles. The molecule has 2 aromatic rings. The van der Waals surface area contributed by atoms with E-state index in [1.54, 1.807) is 13.8 Å². The molecular weight excluding hydrogens is 238 g/mol. The maximum Gasteiger partial charge on any atom is 0.319 e. The number of carboxylic acid groups (broad SMARTS) is 1. The highest BCUT2D eigenvalue weighted by Gasteiger charge is 2.30. The third kappa shape index (κ3) is 2.44. The standard InChI is InChI=1S/C12H13NO3S/c1-7-4-5-8-9(6-7)16-11(13-8)17-12(2,3)10(14)15/h4-6H,1-3H3,(H,14,15). The van der Waals surface area contributed by atoms with E-state index in [0.717, 1.165) is 22.8 Å². The van der Waals surface area contributed by atoms with Crippen molar-refractivity contribution in [2.45, 2.75) is 30.7 Å². The second-order valence-corrected chi connectivity index (χ2v) is 5.94. The second-order valence-electron chi connectivity index (χ2n) is 4.37. The fourth-order valence-electron chi connectivity index (χ4n) is 1.32. The Morgan fingerprint density at radius 1 is 1.47 bits per heavy atom. The van der Waals surface area contributed by atoms with Crippen molar-refractivity contribution in [1.82, 2.24) is 4.98 Å². The first-order valence-corrected chi connectivity index (χ1v) is 6.00. The first-order chi connectivity index (χ1) is 7.88. The van der Waals surface area contributed by atoms with Crippen LogP contribution in [-0.2, 0) is 4.79 Å². The van der Waals surface area contributed by atoms with E-state index in [2.05, 4.69) is 4.98 Å². The van der Waals surface area contributed by atoms with Gasteiger partial charge in [-0.25, -0.2) is 4.98 Å². The summed E-state index contributed by atoms with van der Waals surface area (Å²) in [6.45, 7) is 5.22. The van der Waals surface area contributed by atoms with Gasteiger partial charge in [-0.1, -0.05) is 6.07 Å². The van der Waals surface area contributed by atoms with Crippen LogP contribution in [0.3, 0.4) is 0 Å². The minimum absolute atomic E-state index is 0.387. The summed E-state index contributed by atoms with van der Waals surface area (Å²) in [7, 11) is 0. The Hall–Kier alpha value is -1.49. The molecule has 1 N–H and O–H groups in total. The number of oxazole rings is 1. The Kier molecular flexibility index (Phi) is 2.87. The number of benzene rings is 1. The highest BCUT2D eigenvalue weighted by molar-refractivity contribution is 8.01. The van der Waals surface area contributed by atoms with Crippen LogP contribution in [0.2, 0.25) is 0 Å². The number of thioether (sulfide) groups is 1. The minimum atomic E-state index is -0.948. The Morgan fingerprint density at radius 3 is 2.82 bits per heavy atom. The number of aryl methyl sites for hydroxylation is 1. The molecule has 0 aliphatic rings. The average Bonchev–Trinajstić information content (AvgIpc) is 2.57. The van der Waals surface area contributed by atoms with Crippen LogP contribution in [0.1, 0.15) is 19.4 Å². The second kappa shape index (κ2) is 4.07. The van der Waals surface area contributed by atoms with Crippen molar-refractivity contribution in [2.75, 3.05) is 0 Å². The maximum atomic E-state index is 11.0. The van der Waals surface area contributed by atoms with Gasteiger partial charge in [-0.3, -0.25) is 4.79 Å². The lowest BCUT2D eigenvalue weighted by molar-refractivity contribution is -0.138. The number of aliphatic carboxylic acids is 1. The lowest BCUT2D eigenvalue weighted by Gasteiger charge is -2.14. The van der Waals surface area contributed by atoms with Gasteiger partial charge < -0.3 is 9.52 Å². The summed E-state index contributed by atoms with van der Waals surface area (Å²) in [5, 5.41) is 9.42. The SMILES string of the molecule is Cc1ccc2nc(SC(C)(C)C(=O)O)oc2c1. The maximum absolute atomic E-state index is 11.0. The molecule has 0 bridgehead atoms. The summed E-state index contributed by atoms with van der Waals surface area (Å²) in [6.07, 6.45) is 0. The van der Waals surface area contributed by atoms with Crippen molar-refractivity contribution >= 4 is 28.8 Å². The first kappa shape index (κ1) is 12.0. The normalized spacial score (nSPS) is 11.9. The smallest absolute Gasteiger partial charge is 0.319 e. The topological polar surface area (TPSA) is 63.3 Å². The molecule has 0 spiro atoms. The van der Waals surface area contributed by atoms with E-state index in [-0.39, 0.29) is 0 Å². The molecule has 1 heterocycles. The molecule has 0 amide bonds. The number of carboxylic acids is 1. The van der Waals surface area contributed by atoms with Gasteiger partial charge in [-0.2, -0.15) is 0 Å². The number of nitrogens with zero attached hydrogens (tertiary/aromatic N) is 1. The van der Waals surface area contributed by atoms with Crippen molar-refractivity contribution in [3.05, 3.63) is 23.8 Å². The zero-order valence-electron chi connectivity index (χ0n) is 9.85. The van der Waals surface area contributed by atoms with E-state index in [4.69, 9.17) is 9.52 Å². The summed E-state index contributed by atoms with van der Waals surface area (Å²) in [6, 6.07) is 5.70. The number of carbonyl (C=O) groups is 1. The Labute approximate surface area is 103 Å². The van der Waals surface area contributed by atoms with E-state index < -0.39 is 10.7 Å². The molecule has 1 aromatic heterocycles. The van der Waals surface area contributed by atoms with Gasteiger partial charge in [0.1, 0.15) is 10.3 Å². The Morgan fingerprint density at radius 2 is 2.18 bits per heavy atom. The van der Waals surface area contributed by atoms with Crippen LogP contribution >= 0.6 is 11.8 Å². The van der Waals surface area contributed by atoms with Gasteiger partial charge in [0.2, 0.25) is 0 Å². The Balaban J connectivity index is 2.34. The quantitative estimate of drug-likeness (QED) is 0.849. The number of fused-ring (bicyclic) bond motifs is 1. The third-order valence-electron chi connectivity index (χ3n) is 2.38. The van der Waals surface area contributed by atoms with Gasteiger partial charge >= 0.3 is 5.97 Å². The minimum Gasteiger partial charge on any atom is -0.480 e. The van der Waals surface area contributed by atoms with Gasteiger partial charge in [0.25, 0.3) is 5.22 Å². The fraction of sp³-hybridized carbons (Fsp3) is 0.333. The average molecular weight is 251 g/mol. The molecule has 0 saturated carbocycles. The van der Waals surface area contributed by atoms with E-state index in [0.29, 0.717) is 10.8 Å². The molecule has 0 radical (unpaired) electrons. The van der Waals surface area contributed by atoms with E-state index in [1.165, 1.54) is 0 Å². The molecule has 17 heavy (non-hydrogen) atoms. The number of hydrogen-bond acceptors (Lipinski definition) is 4. The van der Waals surface area contributed by atoms with Crippen LogP contribution in [0, 0.1) is 6.92 Å². The van der Waals surface area contributed by atoms with Crippen molar-refractivity contribution in [3.8, 4) is 0 Å². The lowest BCUT2D eigenvalue weighted by atomic mass is 10.2. The van der Waals surface area contributed by atoms with Crippen molar-refractivity contribution in [2.24, 2.45) is 0 Å². The van der Waals surface area contributed by atoms with Gasteiger partial charge in [0.15, 0.2) is 5.58 Å². The zero-order valence-corrected chi connectivity index (χ0v) is 10.7. The molecule has 90 valence electrons. The molecule has 4 nitrogen and oxygen atoms in total. The van der Waals surface area contributed by atoms with Gasteiger partial charge in [-0.05, 0) is 50.2 Å². The number of aromatic nitrogens is 1. The summed E-state index contributed by atoms with van der Waals surface area (Å²) >= 11 is 1.11. The number of rotatable bonds is 3. The largest absolute Gasteiger partial charge is 0.480 e. The molecule has 0 unspecified atom stereocenters. The number of hydrogen-bond donors (Lipinski definition) is 1. The highest BCUT2D eigenvalue weighted by atomic mass is 32.2. The van der Waals surface area contributed by atoms with Gasteiger partial charge in [-0.15, -0.1) is 0 Å². The van der Waals surface area contributed by atoms with Crippen LogP contribution < -0.4 is 0 Å². The van der Waals surface area contributed by atoms with Gasteiger partial charge in [0.05, 0.1) is 0 Å². The molecule has 0 fully saturated rings. The molecule has 0 saturated heterocycles. The molecular formula is C12H13NO3S. The lowest BCUT2D eigenvalue weighted by Crippen LogP contribution is -2.26. The van der Waals surface area contributed by atoms with Crippen LogP contribution in [0.5, 0.6) is 0 Å². The molecule has 0 aliphatic heterocycles. The molecule has 0 atom stereocenters.